The van der Waals surface area contributed by atoms with Crippen molar-refractivity contribution in [2.24, 2.45) is 11.8 Å². The first-order valence-electron chi connectivity index (χ1n) is 6.14. The van der Waals surface area contributed by atoms with Gasteiger partial charge in [0.05, 0.1) is 12.5 Å². The Balaban J connectivity index is 1.97. The third-order valence-corrected chi connectivity index (χ3v) is 4.84. The van der Waals surface area contributed by atoms with Crippen LogP contribution in [0.4, 0.5) is 5.13 Å². The Bertz CT molecular complexity index is 424. The Kier molecular flexibility index (Phi) is 4.61. The number of piperidine rings is 1. The van der Waals surface area contributed by atoms with Gasteiger partial charge in [-0.3, -0.25) is 4.79 Å². The number of carbonyl (C=O) groups excluding carboxylic acids is 1. The van der Waals surface area contributed by atoms with E-state index >= 15 is 0 Å². The van der Waals surface area contributed by atoms with E-state index in [4.69, 9.17) is 4.74 Å². The standard InChI is InChI=1S/C12H17BrN2O2S/c1-3-17-11(16)9-4-5-15(6-8(9)2)12-14-10(13)7-18-12/h7-9H,3-6H2,1-2H3/t8-,9+/m0/s1. The van der Waals surface area contributed by atoms with Crippen molar-refractivity contribution in [2.75, 3.05) is 24.6 Å². The molecule has 1 aromatic rings. The average molecular weight is 333 g/mol. The minimum absolute atomic E-state index is 0.0320. The van der Waals surface area contributed by atoms with Gasteiger partial charge in [-0.05, 0) is 35.2 Å². The smallest absolute Gasteiger partial charge is 0.309 e. The highest BCUT2D eigenvalue weighted by molar-refractivity contribution is 9.10. The lowest BCUT2D eigenvalue weighted by Gasteiger charge is -2.35. The first kappa shape index (κ1) is 13.8. The molecule has 1 aliphatic rings. The van der Waals surface area contributed by atoms with E-state index in [1.54, 1.807) is 11.3 Å². The summed E-state index contributed by atoms with van der Waals surface area (Å²) in [7, 11) is 0. The number of carbonyl (C=O) groups is 1. The van der Waals surface area contributed by atoms with Gasteiger partial charge < -0.3 is 9.64 Å². The molecular formula is C12H17BrN2O2S. The van der Waals surface area contributed by atoms with E-state index in [9.17, 15) is 4.79 Å². The van der Waals surface area contributed by atoms with Crippen LogP contribution in [0.1, 0.15) is 20.3 Å². The monoisotopic (exact) mass is 332 g/mol. The van der Waals surface area contributed by atoms with Crippen LogP contribution >= 0.6 is 27.3 Å². The van der Waals surface area contributed by atoms with E-state index in [0.717, 1.165) is 29.2 Å². The predicted molar refractivity (Wildman–Crippen MR) is 75.9 cm³/mol. The lowest BCUT2D eigenvalue weighted by molar-refractivity contribution is -0.150. The zero-order chi connectivity index (χ0) is 13.1. The molecule has 4 nitrogen and oxygen atoms in total. The van der Waals surface area contributed by atoms with Gasteiger partial charge in [0.25, 0.3) is 0 Å². The third kappa shape index (κ3) is 3.03. The van der Waals surface area contributed by atoms with Crippen molar-refractivity contribution in [3.05, 3.63) is 9.98 Å². The zero-order valence-electron chi connectivity index (χ0n) is 10.6. The molecule has 0 radical (unpaired) electrons. The maximum atomic E-state index is 11.8. The molecule has 2 rings (SSSR count). The fraction of sp³-hybridized carbons (Fsp3) is 0.667. The van der Waals surface area contributed by atoms with Crippen LogP contribution in [0.25, 0.3) is 0 Å². The molecule has 0 N–H and O–H groups in total. The molecule has 100 valence electrons. The molecule has 1 aliphatic heterocycles. The van der Waals surface area contributed by atoms with Gasteiger partial charge in [0.1, 0.15) is 4.60 Å². The minimum Gasteiger partial charge on any atom is -0.466 e. The van der Waals surface area contributed by atoms with Crippen LogP contribution in [0.3, 0.4) is 0 Å². The van der Waals surface area contributed by atoms with E-state index < -0.39 is 0 Å². The highest BCUT2D eigenvalue weighted by Crippen LogP contribution is 2.31. The highest BCUT2D eigenvalue weighted by Gasteiger charge is 2.33. The van der Waals surface area contributed by atoms with Crippen LogP contribution in [0.15, 0.2) is 9.98 Å². The van der Waals surface area contributed by atoms with Gasteiger partial charge in [0.2, 0.25) is 0 Å². The van der Waals surface area contributed by atoms with Gasteiger partial charge in [-0.1, -0.05) is 6.92 Å². The molecule has 1 fully saturated rings. The number of anilines is 1. The number of hydrogen-bond acceptors (Lipinski definition) is 5. The molecule has 0 saturated carbocycles. The minimum atomic E-state index is -0.0510. The highest BCUT2D eigenvalue weighted by atomic mass is 79.9. The summed E-state index contributed by atoms with van der Waals surface area (Å²) in [5.74, 6) is 0.287. The molecular weight excluding hydrogens is 316 g/mol. The number of esters is 1. The number of nitrogens with zero attached hydrogens (tertiary/aromatic N) is 2. The Labute approximate surface area is 119 Å². The molecule has 0 aromatic carbocycles. The topological polar surface area (TPSA) is 42.4 Å². The number of aromatic nitrogens is 1. The lowest BCUT2D eigenvalue weighted by atomic mass is 9.87. The van der Waals surface area contributed by atoms with Crippen LogP contribution in [-0.2, 0) is 9.53 Å². The third-order valence-electron chi connectivity index (χ3n) is 3.23. The molecule has 18 heavy (non-hydrogen) atoms. The molecule has 2 heterocycles. The summed E-state index contributed by atoms with van der Waals surface area (Å²) >= 11 is 5.00. The van der Waals surface area contributed by atoms with Crippen molar-refractivity contribution in [1.82, 2.24) is 4.98 Å². The molecule has 0 spiro atoms. The van der Waals surface area contributed by atoms with Crippen LogP contribution in [0.5, 0.6) is 0 Å². The van der Waals surface area contributed by atoms with Gasteiger partial charge in [-0.25, -0.2) is 4.98 Å². The molecule has 1 aromatic heterocycles. The Morgan fingerprint density at radius 3 is 3.06 bits per heavy atom. The zero-order valence-corrected chi connectivity index (χ0v) is 13.0. The molecule has 0 aliphatic carbocycles. The number of thiazole rings is 1. The maximum absolute atomic E-state index is 11.8. The summed E-state index contributed by atoms with van der Waals surface area (Å²) in [5, 5.41) is 3.01. The summed E-state index contributed by atoms with van der Waals surface area (Å²) in [4.78, 5) is 18.5. The predicted octanol–water partition coefficient (Wildman–Crippen LogP) is 2.93. The summed E-state index contributed by atoms with van der Waals surface area (Å²) < 4.78 is 6.00. The summed E-state index contributed by atoms with van der Waals surface area (Å²) in [6.45, 7) is 6.16. The van der Waals surface area contributed by atoms with E-state index in [1.165, 1.54) is 0 Å². The second-order valence-electron chi connectivity index (χ2n) is 4.52. The lowest BCUT2D eigenvalue weighted by Crippen LogP contribution is -2.42. The summed E-state index contributed by atoms with van der Waals surface area (Å²) in [5.41, 5.74) is 0. The quantitative estimate of drug-likeness (QED) is 0.798. The number of hydrogen-bond donors (Lipinski definition) is 0. The van der Waals surface area contributed by atoms with E-state index in [-0.39, 0.29) is 11.9 Å². The largest absolute Gasteiger partial charge is 0.466 e. The molecule has 2 atom stereocenters. The fourth-order valence-corrected chi connectivity index (χ4v) is 3.60. The van der Waals surface area contributed by atoms with Crippen LogP contribution in [0.2, 0.25) is 0 Å². The second-order valence-corrected chi connectivity index (χ2v) is 6.17. The van der Waals surface area contributed by atoms with Crippen LogP contribution < -0.4 is 4.90 Å². The number of halogens is 1. The molecule has 0 bridgehead atoms. The van der Waals surface area contributed by atoms with Gasteiger partial charge in [0, 0.05) is 18.5 Å². The summed E-state index contributed by atoms with van der Waals surface area (Å²) in [6.07, 6.45) is 0.844. The Morgan fingerprint density at radius 2 is 2.50 bits per heavy atom. The van der Waals surface area contributed by atoms with E-state index in [1.807, 2.05) is 12.3 Å². The molecule has 1 saturated heterocycles. The van der Waals surface area contributed by atoms with E-state index in [0.29, 0.717) is 12.5 Å². The van der Waals surface area contributed by atoms with Gasteiger partial charge in [-0.2, -0.15) is 0 Å². The van der Waals surface area contributed by atoms with Crippen molar-refractivity contribution in [3.8, 4) is 0 Å². The molecule has 6 heteroatoms. The van der Waals surface area contributed by atoms with Gasteiger partial charge in [0.15, 0.2) is 5.13 Å². The molecule has 0 unspecified atom stereocenters. The first-order chi connectivity index (χ1) is 8.61. The van der Waals surface area contributed by atoms with Crippen LogP contribution in [-0.4, -0.2) is 30.6 Å². The van der Waals surface area contributed by atoms with Crippen molar-refractivity contribution >= 4 is 38.4 Å². The summed E-state index contributed by atoms with van der Waals surface area (Å²) in [6, 6.07) is 0. The average Bonchev–Trinajstić information content (AvgIpc) is 2.76. The first-order valence-corrected chi connectivity index (χ1v) is 7.81. The van der Waals surface area contributed by atoms with Gasteiger partial charge >= 0.3 is 5.97 Å². The normalized spacial score (nSPS) is 24.1. The van der Waals surface area contributed by atoms with E-state index in [2.05, 4.69) is 32.7 Å². The maximum Gasteiger partial charge on any atom is 0.309 e. The van der Waals surface area contributed by atoms with Crippen molar-refractivity contribution in [3.63, 3.8) is 0 Å². The fourth-order valence-electron chi connectivity index (χ4n) is 2.31. The van der Waals surface area contributed by atoms with Crippen LogP contribution in [0, 0.1) is 11.8 Å². The van der Waals surface area contributed by atoms with Crippen molar-refractivity contribution in [1.29, 1.82) is 0 Å². The SMILES string of the molecule is CCOC(=O)[C@@H]1CCN(c2nc(Br)cs2)C[C@@H]1C. The Morgan fingerprint density at radius 1 is 1.72 bits per heavy atom. The number of ether oxygens (including phenoxy) is 1. The second kappa shape index (κ2) is 6.02. The Hall–Kier alpha value is -0.620. The molecule has 0 amide bonds. The van der Waals surface area contributed by atoms with Crippen molar-refractivity contribution in [2.45, 2.75) is 20.3 Å². The number of rotatable bonds is 3. The van der Waals surface area contributed by atoms with Gasteiger partial charge in [-0.15, -0.1) is 11.3 Å². The van der Waals surface area contributed by atoms with Crippen molar-refractivity contribution < 1.29 is 9.53 Å².